The average Bonchev–Trinajstić information content (AvgIpc) is 2.54. The fourth-order valence-corrected chi connectivity index (χ4v) is 1.74. The summed E-state index contributed by atoms with van der Waals surface area (Å²) < 4.78 is 50.4. The summed E-state index contributed by atoms with van der Waals surface area (Å²) >= 11 is 0. The number of alkyl halides is 3. The largest absolute Gasteiger partial charge is 0.525 e. The summed E-state index contributed by atoms with van der Waals surface area (Å²) in [5, 5.41) is 10.5. The Hall–Kier alpha value is -3.14. The Kier molecular flexibility index (Phi) is 5.55. The summed E-state index contributed by atoms with van der Waals surface area (Å²) in [5.74, 6) is -0.144. The number of hydrogen-bond acceptors (Lipinski definition) is 6. The van der Waals surface area contributed by atoms with Gasteiger partial charge in [-0.25, -0.2) is 9.53 Å². The molecule has 0 spiro atoms. The first-order chi connectivity index (χ1) is 11.7. The predicted octanol–water partition coefficient (Wildman–Crippen LogP) is 4.35. The number of nitrogens with zero attached hydrogens (tertiary/aromatic N) is 1. The molecule has 25 heavy (non-hydrogen) atoms. The molecule has 10 heteroatoms. The number of hydrogen-bond donors (Lipinski definition) is 0. The van der Waals surface area contributed by atoms with Gasteiger partial charge >= 0.3 is 12.5 Å². The van der Waals surface area contributed by atoms with E-state index in [4.69, 9.17) is 0 Å². The van der Waals surface area contributed by atoms with Crippen LogP contribution in [0.4, 0.5) is 23.7 Å². The van der Waals surface area contributed by atoms with Crippen LogP contribution in [-0.2, 0) is 9.47 Å². The molecule has 0 amide bonds. The van der Waals surface area contributed by atoms with E-state index in [1.165, 1.54) is 24.3 Å². The SMILES string of the molecule is O=C(Oc1ccc([N+](=O)[O-])cc1)OC(OC(F)(F)F)c1ccccc1. The lowest BCUT2D eigenvalue weighted by atomic mass is 10.2. The fourth-order valence-electron chi connectivity index (χ4n) is 1.74. The molecule has 0 aromatic heterocycles. The van der Waals surface area contributed by atoms with Gasteiger partial charge in [-0.15, -0.1) is 13.2 Å². The first-order valence-electron chi connectivity index (χ1n) is 6.67. The Morgan fingerprint density at radius 2 is 1.64 bits per heavy atom. The molecule has 2 aromatic carbocycles. The Bertz CT molecular complexity index is 733. The molecule has 1 atom stereocenters. The molecule has 2 aromatic rings. The Morgan fingerprint density at radius 1 is 1.04 bits per heavy atom. The molecule has 0 N–H and O–H groups in total. The van der Waals surface area contributed by atoms with Gasteiger partial charge in [0.05, 0.1) is 4.92 Å². The van der Waals surface area contributed by atoms with Crippen molar-refractivity contribution in [2.45, 2.75) is 12.7 Å². The molecule has 2 rings (SSSR count). The normalized spacial score (nSPS) is 12.3. The van der Waals surface area contributed by atoms with Crippen molar-refractivity contribution in [1.82, 2.24) is 0 Å². The van der Waals surface area contributed by atoms with Gasteiger partial charge in [0, 0.05) is 17.7 Å². The minimum Gasteiger partial charge on any atom is -0.399 e. The number of ether oxygens (including phenoxy) is 3. The minimum atomic E-state index is -5.05. The lowest BCUT2D eigenvalue weighted by molar-refractivity contribution is -0.384. The Balaban J connectivity index is 2.07. The highest BCUT2D eigenvalue weighted by atomic mass is 19.4. The van der Waals surface area contributed by atoms with Gasteiger partial charge in [0.15, 0.2) is 0 Å². The molecule has 0 aliphatic rings. The van der Waals surface area contributed by atoms with E-state index >= 15 is 0 Å². The third kappa shape index (κ3) is 5.77. The summed E-state index contributed by atoms with van der Waals surface area (Å²) in [6, 6.07) is 11.3. The number of nitro benzene ring substituents is 1. The van der Waals surface area contributed by atoms with Crippen LogP contribution in [0.3, 0.4) is 0 Å². The number of rotatable bonds is 5. The van der Waals surface area contributed by atoms with Crippen molar-refractivity contribution in [1.29, 1.82) is 0 Å². The number of carbonyl (C=O) groups excluding carboxylic acids is 1. The highest BCUT2D eigenvalue weighted by Gasteiger charge is 2.36. The molecular formula is C15H10F3NO6. The molecule has 0 saturated carbocycles. The van der Waals surface area contributed by atoms with Gasteiger partial charge in [0.25, 0.3) is 5.69 Å². The monoisotopic (exact) mass is 357 g/mol. The number of carbonyl (C=O) groups is 1. The molecule has 0 heterocycles. The maximum atomic E-state index is 12.5. The number of halogens is 3. The first-order valence-corrected chi connectivity index (χ1v) is 6.67. The summed E-state index contributed by atoms with van der Waals surface area (Å²) in [4.78, 5) is 21.5. The summed E-state index contributed by atoms with van der Waals surface area (Å²) in [5.41, 5.74) is -0.302. The van der Waals surface area contributed by atoms with Crippen LogP contribution in [0.5, 0.6) is 5.75 Å². The van der Waals surface area contributed by atoms with E-state index in [-0.39, 0.29) is 17.0 Å². The van der Waals surface area contributed by atoms with Crippen LogP contribution in [0.15, 0.2) is 54.6 Å². The zero-order chi connectivity index (χ0) is 18.4. The van der Waals surface area contributed by atoms with Crippen molar-refractivity contribution in [3.05, 3.63) is 70.3 Å². The number of benzene rings is 2. The van der Waals surface area contributed by atoms with Gasteiger partial charge < -0.3 is 9.47 Å². The van der Waals surface area contributed by atoms with Gasteiger partial charge in [0.2, 0.25) is 6.29 Å². The molecule has 0 fully saturated rings. The second-order valence-electron chi connectivity index (χ2n) is 4.53. The van der Waals surface area contributed by atoms with E-state index < -0.39 is 23.7 Å². The highest BCUT2D eigenvalue weighted by Crippen LogP contribution is 2.29. The van der Waals surface area contributed by atoms with Gasteiger partial charge in [-0.1, -0.05) is 30.3 Å². The van der Waals surface area contributed by atoms with E-state index in [1.807, 2.05) is 0 Å². The summed E-state index contributed by atoms with van der Waals surface area (Å²) in [7, 11) is 0. The maximum absolute atomic E-state index is 12.5. The van der Waals surface area contributed by atoms with Crippen molar-refractivity contribution >= 4 is 11.8 Å². The number of nitro groups is 1. The molecule has 132 valence electrons. The third-order valence-electron chi connectivity index (χ3n) is 2.76. The van der Waals surface area contributed by atoms with Gasteiger partial charge in [-0.2, -0.15) is 0 Å². The molecule has 0 bridgehead atoms. The van der Waals surface area contributed by atoms with Crippen LogP contribution in [0.1, 0.15) is 11.9 Å². The third-order valence-corrected chi connectivity index (χ3v) is 2.76. The van der Waals surface area contributed by atoms with Gasteiger partial charge in [-0.05, 0) is 12.1 Å². The standard InChI is InChI=1S/C15H10F3NO6/c16-15(17,18)25-13(10-4-2-1-3-5-10)24-14(20)23-12-8-6-11(7-9-12)19(21)22/h1-9,13H. The van der Waals surface area contributed by atoms with E-state index in [2.05, 4.69) is 14.2 Å². The van der Waals surface area contributed by atoms with Crippen molar-refractivity contribution in [3.8, 4) is 5.75 Å². The molecule has 7 nitrogen and oxygen atoms in total. The van der Waals surface area contributed by atoms with Crippen molar-refractivity contribution in [2.24, 2.45) is 0 Å². The Morgan fingerprint density at radius 3 is 2.16 bits per heavy atom. The van der Waals surface area contributed by atoms with E-state index in [1.54, 1.807) is 6.07 Å². The van der Waals surface area contributed by atoms with Crippen LogP contribution in [0.25, 0.3) is 0 Å². The zero-order valence-electron chi connectivity index (χ0n) is 12.3. The lowest BCUT2D eigenvalue weighted by Crippen LogP contribution is -2.24. The minimum absolute atomic E-state index is 0.0551. The van der Waals surface area contributed by atoms with E-state index in [0.717, 1.165) is 24.3 Å². The molecule has 0 aliphatic heterocycles. The Labute approximate surface area is 138 Å². The van der Waals surface area contributed by atoms with Crippen LogP contribution in [-0.4, -0.2) is 17.4 Å². The first kappa shape index (κ1) is 18.2. The fraction of sp³-hybridized carbons (Fsp3) is 0.133. The van der Waals surface area contributed by atoms with Gasteiger partial charge in [-0.3, -0.25) is 10.1 Å². The van der Waals surface area contributed by atoms with Crippen molar-refractivity contribution in [3.63, 3.8) is 0 Å². The van der Waals surface area contributed by atoms with Crippen LogP contribution >= 0.6 is 0 Å². The summed E-state index contributed by atoms with van der Waals surface area (Å²) in [6.07, 6.45) is -8.58. The van der Waals surface area contributed by atoms with Crippen LogP contribution < -0.4 is 4.74 Å². The summed E-state index contributed by atoms with van der Waals surface area (Å²) in [6.45, 7) is 0. The van der Waals surface area contributed by atoms with Gasteiger partial charge in [0.1, 0.15) is 5.75 Å². The van der Waals surface area contributed by atoms with Crippen LogP contribution in [0.2, 0.25) is 0 Å². The number of non-ortho nitro benzene ring substituents is 1. The topological polar surface area (TPSA) is 87.9 Å². The second-order valence-corrected chi connectivity index (χ2v) is 4.53. The molecule has 0 aliphatic carbocycles. The molecular weight excluding hydrogens is 347 g/mol. The van der Waals surface area contributed by atoms with E-state index in [9.17, 15) is 28.1 Å². The highest BCUT2D eigenvalue weighted by molar-refractivity contribution is 5.64. The molecule has 0 saturated heterocycles. The smallest absolute Gasteiger partial charge is 0.399 e. The maximum Gasteiger partial charge on any atom is 0.525 e. The zero-order valence-corrected chi connectivity index (χ0v) is 12.3. The molecule has 0 radical (unpaired) electrons. The van der Waals surface area contributed by atoms with Crippen molar-refractivity contribution in [2.75, 3.05) is 0 Å². The quantitative estimate of drug-likeness (QED) is 0.260. The van der Waals surface area contributed by atoms with E-state index in [0.29, 0.717) is 0 Å². The lowest BCUT2D eigenvalue weighted by Gasteiger charge is -2.19. The predicted molar refractivity (Wildman–Crippen MR) is 76.5 cm³/mol. The molecule has 1 unspecified atom stereocenters. The second kappa shape index (κ2) is 7.62. The van der Waals surface area contributed by atoms with Crippen LogP contribution in [0, 0.1) is 10.1 Å². The average molecular weight is 357 g/mol. The van der Waals surface area contributed by atoms with Crippen molar-refractivity contribution < 1.29 is 37.1 Å².